The number of carbonyl (C=O) groups excluding carboxylic acids is 2. The van der Waals surface area contributed by atoms with E-state index in [9.17, 15) is 9.59 Å². The topological polar surface area (TPSA) is 52.6 Å². The maximum Gasteiger partial charge on any atom is 0.302 e. The van der Waals surface area contributed by atoms with Gasteiger partial charge in [0.25, 0.3) is 0 Å². The third kappa shape index (κ3) is 4.50. The molecule has 0 bridgehead atoms. The zero-order valence-corrected chi connectivity index (χ0v) is 12.6. The van der Waals surface area contributed by atoms with Crippen LogP contribution in [0.4, 0.5) is 0 Å². The number of hydrogen-bond donors (Lipinski definition) is 0. The predicted molar refractivity (Wildman–Crippen MR) is 75.0 cm³/mol. The van der Waals surface area contributed by atoms with Crippen LogP contribution in [-0.2, 0) is 19.1 Å². The van der Waals surface area contributed by atoms with Crippen LogP contribution in [0.25, 0.3) is 0 Å². The molecule has 114 valence electrons. The van der Waals surface area contributed by atoms with Gasteiger partial charge in [0.05, 0.1) is 0 Å². The second kappa shape index (κ2) is 7.09. The largest absolute Gasteiger partial charge is 0.463 e. The van der Waals surface area contributed by atoms with Crippen molar-refractivity contribution in [3.8, 4) is 0 Å². The van der Waals surface area contributed by atoms with Crippen molar-refractivity contribution in [3.05, 3.63) is 0 Å². The smallest absolute Gasteiger partial charge is 0.302 e. The van der Waals surface area contributed by atoms with E-state index in [2.05, 4.69) is 0 Å². The van der Waals surface area contributed by atoms with Gasteiger partial charge in [0.2, 0.25) is 0 Å². The Morgan fingerprint density at radius 1 is 0.650 bits per heavy atom. The van der Waals surface area contributed by atoms with Crippen molar-refractivity contribution in [2.75, 3.05) is 0 Å². The van der Waals surface area contributed by atoms with Crippen molar-refractivity contribution in [3.63, 3.8) is 0 Å². The summed E-state index contributed by atoms with van der Waals surface area (Å²) in [5.74, 6) is 1.21. The van der Waals surface area contributed by atoms with E-state index in [1.807, 2.05) is 0 Å². The van der Waals surface area contributed by atoms with Crippen LogP contribution in [0, 0.1) is 11.8 Å². The lowest BCUT2D eigenvalue weighted by Crippen LogP contribution is -2.31. The Morgan fingerprint density at radius 3 is 1.20 bits per heavy atom. The summed E-state index contributed by atoms with van der Waals surface area (Å²) >= 11 is 0. The van der Waals surface area contributed by atoms with Gasteiger partial charge in [-0.3, -0.25) is 9.59 Å². The van der Waals surface area contributed by atoms with Gasteiger partial charge in [-0.15, -0.1) is 0 Å². The van der Waals surface area contributed by atoms with Crippen LogP contribution < -0.4 is 0 Å². The van der Waals surface area contributed by atoms with Crippen LogP contribution in [0.1, 0.15) is 65.2 Å². The number of carbonyl (C=O) groups is 2. The van der Waals surface area contributed by atoms with E-state index >= 15 is 0 Å². The average molecular weight is 282 g/mol. The second-order valence-corrected chi connectivity index (χ2v) is 6.29. The minimum Gasteiger partial charge on any atom is -0.463 e. The standard InChI is InChI=1S/C16H26O4/c1-11(17)19-15-7-3-13(4-8-15)14-5-9-16(10-6-14)20-12(2)18/h13-16H,3-10H2,1-2H3. The van der Waals surface area contributed by atoms with Gasteiger partial charge >= 0.3 is 11.9 Å². The monoisotopic (exact) mass is 282 g/mol. The summed E-state index contributed by atoms with van der Waals surface area (Å²) in [6, 6.07) is 0. The molecule has 0 amide bonds. The summed E-state index contributed by atoms with van der Waals surface area (Å²) in [4.78, 5) is 21.9. The Morgan fingerprint density at radius 2 is 0.950 bits per heavy atom. The van der Waals surface area contributed by atoms with E-state index in [1.165, 1.54) is 39.5 Å². The van der Waals surface area contributed by atoms with Gasteiger partial charge in [-0.25, -0.2) is 0 Å². The third-order valence-electron chi connectivity index (χ3n) is 4.77. The molecule has 2 aliphatic rings. The highest BCUT2D eigenvalue weighted by Gasteiger charge is 2.32. The van der Waals surface area contributed by atoms with Crippen LogP contribution in [0.3, 0.4) is 0 Å². The van der Waals surface area contributed by atoms with Crippen molar-refractivity contribution in [2.24, 2.45) is 11.8 Å². The first-order valence-corrected chi connectivity index (χ1v) is 7.89. The summed E-state index contributed by atoms with van der Waals surface area (Å²) in [5, 5.41) is 0. The van der Waals surface area contributed by atoms with E-state index in [0.717, 1.165) is 37.5 Å². The van der Waals surface area contributed by atoms with Gasteiger partial charge in [-0.2, -0.15) is 0 Å². The molecule has 0 aromatic carbocycles. The highest BCUT2D eigenvalue weighted by molar-refractivity contribution is 5.66. The van der Waals surface area contributed by atoms with Crippen LogP contribution in [0.15, 0.2) is 0 Å². The first-order valence-electron chi connectivity index (χ1n) is 7.89. The quantitative estimate of drug-likeness (QED) is 0.746. The Kier molecular flexibility index (Phi) is 5.44. The SMILES string of the molecule is CC(=O)OC1CCC(C2CCC(OC(C)=O)CC2)CC1. The number of rotatable bonds is 3. The van der Waals surface area contributed by atoms with Crippen LogP contribution in [-0.4, -0.2) is 24.1 Å². The van der Waals surface area contributed by atoms with E-state index in [-0.39, 0.29) is 24.1 Å². The van der Waals surface area contributed by atoms with Gasteiger partial charge in [0.15, 0.2) is 0 Å². The molecule has 0 atom stereocenters. The fraction of sp³-hybridized carbons (Fsp3) is 0.875. The van der Waals surface area contributed by atoms with Gasteiger partial charge in [-0.05, 0) is 63.2 Å². The zero-order chi connectivity index (χ0) is 14.5. The molecule has 4 heteroatoms. The highest BCUT2D eigenvalue weighted by Crippen LogP contribution is 2.39. The molecular weight excluding hydrogens is 256 g/mol. The van der Waals surface area contributed by atoms with Crippen LogP contribution in [0.5, 0.6) is 0 Å². The molecule has 0 radical (unpaired) electrons. The summed E-state index contributed by atoms with van der Waals surface area (Å²) in [7, 11) is 0. The molecule has 0 spiro atoms. The molecule has 0 unspecified atom stereocenters. The van der Waals surface area contributed by atoms with E-state index in [4.69, 9.17) is 9.47 Å². The summed E-state index contributed by atoms with van der Waals surface area (Å²) in [6.07, 6.45) is 8.98. The minimum absolute atomic E-state index is 0.140. The Labute approximate surface area is 121 Å². The number of hydrogen-bond acceptors (Lipinski definition) is 4. The van der Waals surface area contributed by atoms with E-state index in [0.29, 0.717) is 0 Å². The lowest BCUT2D eigenvalue weighted by molar-refractivity contribution is -0.150. The Bertz CT molecular complexity index is 302. The fourth-order valence-corrected chi connectivity index (χ4v) is 3.83. The van der Waals surface area contributed by atoms with Gasteiger partial charge in [0.1, 0.15) is 12.2 Å². The molecule has 2 aliphatic carbocycles. The molecule has 0 heterocycles. The number of esters is 2. The van der Waals surface area contributed by atoms with Crippen molar-refractivity contribution < 1.29 is 19.1 Å². The third-order valence-corrected chi connectivity index (χ3v) is 4.77. The molecule has 2 fully saturated rings. The zero-order valence-electron chi connectivity index (χ0n) is 12.6. The van der Waals surface area contributed by atoms with Gasteiger partial charge < -0.3 is 9.47 Å². The predicted octanol–water partition coefficient (Wildman–Crippen LogP) is 3.23. The minimum atomic E-state index is -0.157. The summed E-state index contributed by atoms with van der Waals surface area (Å²) in [5.41, 5.74) is 0. The molecular formula is C16H26O4. The molecule has 0 aliphatic heterocycles. The Hall–Kier alpha value is -1.06. The van der Waals surface area contributed by atoms with E-state index < -0.39 is 0 Å². The van der Waals surface area contributed by atoms with Crippen LogP contribution in [0.2, 0.25) is 0 Å². The first-order chi connectivity index (χ1) is 9.54. The molecule has 2 saturated carbocycles. The van der Waals surface area contributed by atoms with Gasteiger partial charge in [-0.1, -0.05) is 0 Å². The van der Waals surface area contributed by atoms with E-state index in [1.54, 1.807) is 0 Å². The summed E-state index contributed by atoms with van der Waals surface area (Å²) in [6.45, 7) is 2.98. The maximum atomic E-state index is 11.0. The normalized spacial score (nSPS) is 34.3. The molecule has 2 rings (SSSR count). The van der Waals surface area contributed by atoms with Crippen molar-refractivity contribution in [2.45, 2.75) is 77.4 Å². The molecule has 20 heavy (non-hydrogen) atoms. The fourth-order valence-electron chi connectivity index (χ4n) is 3.83. The average Bonchev–Trinajstić information content (AvgIpc) is 2.39. The lowest BCUT2D eigenvalue weighted by atomic mass is 9.72. The van der Waals surface area contributed by atoms with Gasteiger partial charge in [0, 0.05) is 13.8 Å². The Balaban J connectivity index is 1.70. The van der Waals surface area contributed by atoms with Crippen molar-refractivity contribution in [1.29, 1.82) is 0 Å². The summed E-state index contributed by atoms with van der Waals surface area (Å²) < 4.78 is 10.6. The molecule has 0 aromatic heterocycles. The van der Waals surface area contributed by atoms with Crippen molar-refractivity contribution >= 4 is 11.9 Å². The van der Waals surface area contributed by atoms with Crippen molar-refractivity contribution in [1.82, 2.24) is 0 Å². The number of ether oxygens (including phenoxy) is 2. The maximum absolute atomic E-state index is 11.0. The molecule has 0 N–H and O–H groups in total. The molecule has 4 nitrogen and oxygen atoms in total. The van der Waals surface area contributed by atoms with Crippen LogP contribution >= 0.6 is 0 Å². The lowest BCUT2D eigenvalue weighted by Gasteiger charge is -2.37. The first kappa shape index (κ1) is 15.3. The highest BCUT2D eigenvalue weighted by atomic mass is 16.5. The molecule has 0 saturated heterocycles. The molecule has 0 aromatic rings. The second-order valence-electron chi connectivity index (χ2n) is 6.29.